The molecule has 128 valence electrons. The Kier molecular flexibility index (Phi) is 6.82. The second kappa shape index (κ2) is 9.08. The van der Waals surface area contributed by atoms with Crippen molar-refractivity contribution in [3.63, 3.8) is 0 Å². The number of nitrogens with zero attached hydrogens (tertiary/aromatic N) is 1. The van der Waals surface area contributed by atoms with Gasteiger partial charge in [-0.25, -0.2) is 0 Å². The minimum atomic E-state index is -0.0227. The topological polar surface area (TPSA) is 55.6 Å². The number of benzene rings is 2. The summed E-state index contributed by atoms with van der Waals surface area (Å²) in [6.45, 7) is 5.92. The van der Waals surface area contributed by atoms with E-state index in [4.69, 9.17) is 10.5 Å². The van der Waals surface area contributed by atoms with E-state index in [0.29, 0.717) is 19.6 Å². The fraction of sp³-hybridized carbons (Fsp3) is 0.350. The summed E-state index contributed by atoms with van der Waals surface area (Å²) in [4.78, 5) is 14.3. The molecule has 2 rings (SSSR count). The molecule has 0 unspecified atom stereocenters. The Balaban J connectivity index is 1.97. The molecule has 0 fully saturated rings. The van der Waals surface area contributed by atoms with Crippen LogP contribution in [0.1, 0.15) is 23.1 Å². The van der Waals surface area contributed by atoms with Gasteiger partial charge in [0.25, 0.3) is 5.91 Å². The largest absolute Gasteiger partial charge is 0.484 e. The highest BCUT2D eigenvalue weighted by Crippen LogP contribution is 2.16. The molecule has 4 nitrogen and oxygen atoms in total. The highest BCUT2D eigenvalue weighted by Gasteiger charge is 2.14. The minimum absolute atomic E-state index is 0.0227. The average Bonchev–Trinajstić information content (AvgIpc) is 2.60. The van der Waals surface area contributed by atoms with Crippen LogP contribution in [0.4, 0.5) is 0 Å². The fourth-order valence-electron chi connectivity index (χ4n) is 2.42. The van der Waals surface area contributed by atoms with Gasteiger partial charge in [0.2, 0.25) is 0 Å². The molecule has 2 aromatic rings. The molecule has 0 atom stereocenters. The zero-order chi connectivity index (χ0) is 17.4. The van der Waals surface area contributed by atoms with Crippen molar-refractivity contribution < 1.29 is 9.53 Å². The highest BCUT2D eigenvalue weighted by molar-refractivity contribution is 5.77. The number of ether oxygens (including phenoxy) is 1. The smallest absolute Gasteiger partial charge is 0.260 e. The zero-order valence-electron chi connectivity index (χ0n) is 14.5. The summed E-state index contributed by atoms with van der Waals surface area (Å²) in [6, 6.07) is 15.8. The molecule has 0 aliphatic carbocycles. The van der Waals surface area contributed by atoms with Crippen LogP contribution in [-0.4, -0.2) is 30.5 Å². The van der Waals surface area contributed by atoms with Gasteiger partial charge in [-0.15, -0.1) is 0 Å². The molecular weight excluding hydrogens is 300 g/mol. The van der Waals surface area contributed by atoms with Gasteiger partial charge in [-0.05, 0) is 55.6 Å². The standard InChI is InChI=1S/C20H26N2O2/c1-16-9-10-19(13-17(16)2)24-15-20(23)22(12-6-11-21)14-18-7-4-3-5-8-18/h3-5,7-10,13H,6,11-12,14-15,21H2,1-2H3. The third-order valence-corrected chi connectivity index (χ3v) is 4.04. The van der Waals surface area contributed by atoms with Crippen LogP contribution in [0.15, 0.2) is 48.5 Å². The molecule has 2 aromatic carbocycles. The van der Waals surface area contributed by atoms with Crippen LogP contribution in [0.5, 0.6) is 5.75 Å². The van der Waals surface area contributed by atoms with Gasteiger partial charge in [-0.2, -0.15) is 0 Å². The van der Waals surface area contributed by atoms with Gasteiger partial charge in [0.15, 0.2) is 6.61 Å². The Labute approximate surface area is 144 Å². The second-order valence-electron chi connectivity index (χ2n) is 5.98. The Bertz CT molecular complexity index is 656. The summed E-state index contributed by atoms with van der Waals surface area (Å²) in [6.07, 6.45) is 0.780. The lowest BCUT2D eigenvalue weighted by molar-refractivity contribution is -0.134. The molecule has 0 heterocycles. The molecule has 0 saturated carbocycles. The van der Waals surface area contributed by atoms with Crippen molar-refractivity contribution in [3.8, 4) is 5.75 Å². The van der Waals surface area contributed by atoms with Gasteiger partial charge in [0.05, 0.1) is 0 Å². The highest BCUT2D eigenvalue weighted by atomic mass is 16.5. The zero-order valence-corrected chi connectivity index (χ0v) is 14.5. The lowest BCUT2D eigenvalue weighted by Gasteiger charge is -2.23. The number of hydrogen-bond acceptors (Lipinski definition) is 3. The average molecular weight is 326 g/mol. The SMILES string of the molecule is Cc1ccc(OCC(=O)N(CCCN)Cc2ccccc2)cc1C. The van der Waals surface area contributed by atoms with Crippen LogP contribution < -0.4 is 10.5 Å². The molecule has 2 N–H and O–H groups in total. The van der Waals surface area contributed by atoms with E-state index in [0.717, 1.165) is 23.3 Å². The van der Waals surface area contributed by atoms with Crippen molar-refractivity contribution >= 4 is 5.91 Å². The van der Waals surface area contributed by atoms with Crippen LogP contribution >= 0.6 is 0 Å². The summed E-state index contributed by atoms with van der Waals surface area (Å²) in [7, 11) is 0. The number of aryl methyl sites for hydroxylation is 2. The van der Waals surface area contributed by atoms with Gasteiger partial charge in [-0.3, -0.25) is 4.79 Å². The first-order valence-electron chi connectivity index (χ1n) is 8.32. The number of carbonyl (C=O) groups is 1. The van der Waals surface area contributed by atoms with Gasteiger partial charge < -0.3 is 15.4 Å². The number of amides is 1. The maximum absolute atomic E-state index is 12.5. The second-order valence-corrected chi connectivity index (χ2v) is 5.98. The summed E-state index contributed by atoms with van der Waals surface area (Å²) < 4.78 is 5.68. The summed E-state index contributed by atoms with van der Waals surface area (Å²) in [5.41, 5.74) is 9.07. The molecule has 0 aliphatic rings. The molecule has 1 amide bonds. The van der Waals surface area contributed by atoms with E-state index in [2.05, 4.69) is 6.92 Å². The monoisotopic (exact) mass is 326 g/mol. The first kappa shape index (κ1) is 18.0. The van der Waals surface area contributed by atoms with Gasteiger partial charge in [-0.1, -0.05) is 36.4 Å². The van der Waals surface area contributed by atoms with E-state index < -0.39 is 0 Å². The predicted molar refractivity (Wildman–Crippen MR) is 96.9 cm³/mol. The van der Waals surface area contributed by atoms with Crippen LogP contribution in [0, 0.1) is 13.8 Å². The van der Waals surface area contributed by atoms with Crippen molar-refractivity contribution in [2.45, 2.75) is 26.8 Å². The van der Waals surface area contributed by atoms with Crippen molar-refractivity contribution in [1.82, 2.24) is 4.90 Å². The molecule has 4 heteroatoms. The number of nitrogens with two attached hydrogens (primary N) is 1. The van der Waals surface area contributed by atoms with E-state index in [9.17, 15) is 4.79 Å². The molecule has 0 radical (unpaired) electrons. The van der Waals surface area contributed by atoms with Crippen molar-refractivity contribution in [3.05, 3.63) is 65.2 Å². The first-order chi connectivity index (χ1) is 11.6. The molecular formula is C20H26N2O2. The number of carbonyl (C=O) groups excluding carboxylic acids is 1. The quantitative estimate of drug-likeness (QED) is 0.811. The molecule has 24 heavy (non-hydrogen) atoms. The van der Waals surface area contributed by atoms with Crippen molar-refractivity contribution in [2.24, 2.45) is 5.73 Å². The maximum atomic E-state index is 12.5. The van der Waals surface area contributed by atoms with Crippen LogP contribution in [0.2, 0.25) is 0 Å². The minimum Gasteiger partial charge on any atom is -0.484 e. The van der Waals surface area contributed by atoms with Crippen LogP contribution in [0.25, 0.3) is 0 Å². The predicted octanol–water partition coefficient (Wildman–Crippen LogP) is 3.06. The lowest BCUT2D eigenvalue weighted by atomic mass is 10.1. The van der Waals surface area contributed by atoms with Gasteiger partial charge >= 0.3 is 0 Å². The first-order valence-corrected chi connectivity index (χ1v) is 8.32. The van der Waals surface area contributed by atoms with Gasteiger partial charge in [0, 0.05) is 13.1 Å². The third-order valence-electron chi connectivity index (χ3n) is 4.04. The summed E-state index contributed by atoms with van der Waals surface area (Å²) in [5, 5.41) is 0. The number of rotatable bonds is 8. The van der Waals surface area contributed by atoms with E-state index >= 15 is 0 Å². The molecule has 0 saturated heterocycles. The Morgan fingerprint density at radius 3 is 2.50 bits per heavy atom. The number of hydrogen-bond donors (Lipinski definition) is 1. The Morgan fingerprint density at radius 2 is 1.83 bits per heavy atom. The van der Waals surface area contributed by atoms with E-state index in [1.807, 2.05) is 60.4 Å². The van der Waals surface area contributed by atoms with Crippen LogP contribution in [0.3, 0.4) is 0 Å². The van der Waals surface area contributed by atoms with Crippen molar-refractivity contribution in [1.29, 1.82) is 0 Å². The maximum Gasteiger partial charge on any atom is 0.260 e. The van der Waals surface area contributed by atoms with Crippen LogP contribution in [-0.2, 0) is 11.3 Å². The Hall–Kier alpha value is -2.33. The summed E-state index contributed by atoms with van der Waals surface area (Å²) in [5.74, 6) is 0.704. The lowest BCUT2D eigenvalue weighted by Crippen LogP contribution is -2.36. The molecule has 0 aliphatic heterocycles. The van der Waals surface area contributed by atoms with E-state index in [1.54, 1.807) is 0 Å². The third kappa shape index (κ3) is 5.39. The molecule has 0 aromatic heterocycles. The van der Waals surface area contributed by atoms with Gasteiger partial charge in [0.1, 0.15) is 5.75 Å². The van der Waals surface area contributed by atoms with E-state index in [1.165, 1.54) is 5.56 Å². The molecule has 0 bridgehead atoms. The Morgan fingerprint density at radius 1 is 1.08 bits per heavy atom. The van der Waals surface area contributed by atoms with Crippen molar-refractivity contribution in [2.75, 3.05) is 19.7 Å². The van der Waals surface area contributed by atoms with E-state index in [-0.39, 0.29) is 12.5 Å². The normalized spacial score (nSPS) is 10.5. The fourth-order valence-corrected chi connectivity index (χ4v) is 2.42. The summed E-state index contributed by atoms with van der Waals surface area (Å²) >= 11 is 0. The molecule has 0 spiro atoms.